The zero-order chi connectivity index (χ0) is 6.69. The van der Waals surface area contributed by atoms with Crippen LogP contribution in [-0.2, 0) is 4.79 Å². The second kappa shape index (κ2) is 2.67. The fourth-order valence-corrected chi connectivity index (χ4v) is 0.953. The highest BCUT2D eigenvalue weighted by molar-refractivity contribution is 5.76. The maximum Gasteiger partial charge on any atom is 0.220 e. The van der Waals surface area contributed by atoms with Gasteiger partial charge in [-0.2, -0.15) is 0 Å². The first-order valence-electron chi connectivity index (χ1n) is 3.22. The van der Waals surface area contributed by atoms with Crippen LogP contribution in [0.15, 0.2) is 12.7 Å². The second-order valence-corrected chi connectivity index (χ2v) is 2.34. The number of piperidine rings is 1. The van der Waals surface area contributed by atoms with E-state index in [0.717, 1.165) is 13.0 Å². The molecule has 0 saturated carbocycles. The minimum absolute atomic E-state index is 0.174. The van der Waals surface area contributed by atoms with E-state index in [-0.39, 0.29) is 5.91 Å². The van der Waals surface area contributed by atoms with E-state index in [1.165, 1.54) is 0 Å². The summed E-state index contributed by atoms with van der Waals surface area (Å²) in [5, 5.41) is 2.77. The van der Waals surface area contributed by atoms with Crippen LogP contribution in [0.3, 0.4) is 0 Å². The van der Waals surface area contributed by atoms with Gasteiger partial charge in [0.25, 0.3) is 0 Å². The predicted molar refractivity (Wildman–Crippen MR) is 35.9 cm³/mol. The van der Waals surface area contributed by atoms with Crippen molar-refractivity contribution in [2.45, 2.75) is 12.8 Å². The van der Waals surface area contributed by atoms with Crippen molar-refractivity contribution in [2.75, 3.05) is 6.54 Å². The fraction of sp³-hybridized carbons (Fsp3) is 0.571. The lowest BCUT2D eigenvalue weighted by molar-refractivity contribution is -0.122. The molecule has 1 heterocycles. The smallest absolute Gasteiger partial charge is 0.220 e. The summed E-state index contributed by atoms with van der Waals surface area (Å²) in [6, 6.07) is 0. The summed E-state index contributed by atoms with van der Waals surface area (Å²) in [4.78, 5) is 10.6. The van der Waals surface area contributed by atoms with Gasteiger partial charge in [0, 0.05) is 13.0 Å². The third-order valence-corrected chi connectivity index (χ3v) is 1.64. The molecule has 1 atom stereocenters. The highest BCUT2D eigenvalue weighted by Crippen LogP contribution is 2.10. The Morgan fingerprint density at radius 1 is 1.78 bits per heavy atom. The monoisotopic (exact) mass is 125 g/mol. The molecule has 1 N–H and O–H groups in total. The van der Waals surface area contributed by atoms with Crippen LogP contribution in [0.4, 0.5) is 0 Å². The van der Waals surface area contributed by atoms with E-state index >= 15 is 0 Å². The van der Waals surface area contributed by atoms with Crippen molar-refractivity contribution in [2.24, 2.45) is 5.92 Å². The van der Waals surface area contributed by atoms with E-state index in [1.807, 2.05) is 6.08 Å². The molecule has 0 bridgehead atoms. The average Bonchev–Trinajstić information content (AvgIpc) is 1.90. The Morgan fingerprint density at radius 2 is 2.56 bits per heavy atom. The summed E-state index contributed by atoms with van der Waals surface area (Å²) in [7, 11) is 0. The Labute approximate surface area is 54.9 Å². The van der Waals surface area contributed by atoms with Crippen LogP contribution < -0.4 is 5.32 Å². The summed E-state index contributed by atoms with van der Waals surface area (Å²) in [5.41, 5.74) is 0. The van der Waals surface area contributed by atoms with Crippen LogP contribution in [0.2, 0.25) is 0 Å². The Bertz CT molecular complexity index is 121. The molecule has 9 heavy (non-hydrogen) atoms. The van der Waals surface area contributed by atoms with Gasteiger partial charge in [-0.25, -0.2) is 0 Å². The molecule has 0 radical (unpaired) electrons. The molecule has 0 aromatic carbocycles. The van der Waals surface area contributed by atoms with Crippen LogP contribution in [0, 0.1) is 5.92 Å². The van der Waals surface area contributed by atoms with Crippen LogP contribution in [0.5, 0.6) is 0 Å². The van der Waals surface area contributed by atoms with Crippen LogP contribution in [0.25, 0.3) is 0 Å². The molecule has 1 fully saturated rings. The van der Waals surface area contributed by atoms with Gasteiger partial charge in [0.15, 0.2) is 0 Å². The first kappa shape index (κ1) is 6.33. The van der Waals surface area contributed by atoms with E-state index in [4.69, 9.17) is 0 Å². The van der Waals surface area contributed by atoms with Crippen molar-refractivity contribution in [3.05, 3.63) is 12.7 Å². The van der Waals surface area contributed by atoms with Crippen molar-refractivity contribution in [3.63, 3.8) is 0 Å². The molecule has 50 valence electrons. The molecular formula is C7H11NO. The van der Waals surface area contributed by atoms with Gasteiger partial charge in [-0.3, -0.25) is 4.79 Å². The molecule has 1 aliphatic heterocycles. The van der Waals surface area contributed by atoms with Gasteiger partial charge >= 0.3 is 0 Å². The van der Waals surface area contributed by atoms with Gasteiger partial charge in [0.2, 0.25) is 5.91 Å². The number of nitrogens with one attached hydrogen (secondary N) is 1. The van der Waals surface area contributed by atoms with Crippen LogP contribution in [-0.4, -0.2) is 12.5 Å². The highest BCUT2D eigenvalue weighted by atomic mass is 16.1. The lowest BCUT2D eigenvalue weighted by Crippen LogP contribution is -2.33. The second-order valence-electron chi connectivity index (χ2n) is 2.34. The van der Waals surface area contributed by atoms with Crippen molar-refractivity contribution >= 4 is 5.91 Å². The topological polar surface area (TPSA) is 29.1 Å². The van der Waals surface area contributed by atoms with Crippen LogP contribution >= 0.6 is 0 Å². The molecule has 2 heteroatoms. The van der Waals surface area contributed by atoms with Crippen molar-refractivity contribution in [1.82, 2.24) is 5.32 Å². The normalized spacial score (nSPS) is 27.1. The minimum atomic E-state index is 0.174. The molecule has 1 aliphatic rings. The Hall–Kier alpha value is -0.790. The van der Waals surface area contributed by atoms with E-state index in [9.17, 15) is 4.79 Å². The average molecular weight is 125 g/mol. The molecule has 0 aromatic heterocycles. The zero-order valence-corrected chi connectivity index (χ0v) is 5.39. The largest absolute Gasteiger partial charge is 0.356 e. The Kier molecular flexibility index (Phi) is 1.88. The van der Waals surface area contributed by atoms with Gasteiger partial charge < -0.3 is 5.32 Å². The van der Waals surface area contributed by atoms with Crippen molar-refractivity contribution in [3.8, 4) is 0 Å². The van der Waals surface area contributed by atoms with Gasteiger partial charge in [-0.1, -0.05) is 6.08 Å². The third-order valence-electron chi connectivity index (χ3n) is 1.64. The molecule has 0 aromatic rings. The Morgan fingerprint density at radius 3 is 3.00 bits per heavy atom. The Balaban J connectivity index is 2.34. The van der Waals surface area contributed by atoms with E-state index in [1.54, 1.807) is 0 Å². The molecule has 1 rings (SSSR count). The molecule has 1 amide bonds. The molecular weight excluding hydrogens is 114 g/mol. The zero-order valence-electron chi connectivity index (χ0n) is 5.39. The summed E-state index contributed by atoms with van der Waals surface area (Å²) in [5.74, 6) is 0.677. The summed E-state index contributed by atoms with van der Waals surface area (Å²) in [6.45, 7) is 4.44. The number of hydrogen-bond donors (Lipinski definition) is 1. The number of carbonyl (C=O) groups excluding carboxylic acids is 1. The van der Waals surface area contributed by atoms with Crippen LogP contribution in [0.1, 0.15) is 12.8 Å². The number of carbonyl (C=O) groups is 1. The van der Waals surface area contributed by atoms with Gasteiger partial charge in [0.05, 0.1) is 0 Å². The maximum absolute atomic E-state index is 10.6. The molecule has 1 saturated heterocycles. The fourth-order valence-electron chi connectivity index (χ4n) is 0.953. The summed E-state index contributed by atoms with van der Waals surface area (Å²) in [6.07, 6.45) is 3.53. The van der Waals surface area contributed by atoms with Crippen molar-refractivity contribution < 1.29 is 4.79 Å². The quantitative estimate of drug-likeness (QED) is 0.513. The minimum Gasteiger partial charge on any atom is -0.356 e. The van der Waals surface area contributed by atoms with Gasteiger partial charge in [-0.05, 0) is 12.3 Å². The van der Waals surface area contributed by atoms with Crippen molar-refractivity contribution in [1.29, 1.82) is 0 Å². The number of rotatable bonds is 1. The van der Waals surface area contributed by atoms with Gasteiger partial charge in [0.1, 0.15) is 0 Å². The number of hydrogen-bond acceptors (Lipinski definition) is 1. The molecule has 0 unspecified atom stereocenters. The van der Waals surface area contributed by atoms with E-state index < -0.39 is 0 Å². The first-order chi connectivity index (χ1) is 4.33. The van der Waals surface area contributed by atoms with Gasteiger partial charge in [-0.15, -0.1) is 6.58 Å². The summed E-state index contributed by atoms with van der Waals surface area (Å²) >= 11 is 0. The third kappa shape index (κ3) is 1.56. The lowest BCUT2D eigenvalue weighted by Gasteiger charge is -2.18. The standard InChI is InChI=1S/C7H11NO/c1-2-6-3-4-7(9)8-5-6/h2,6H,1,3-5H2,(H,8,9)/t6-/m0/s1. The van der Waals surface area contributed by atoms with E-state index in [0.29, 0.717) is 12.3 Å². The highest BCUT2D eigenvalue weighted by Gasteiger charge is 2.13. The predicted octanol–water partition coefficient (Wildman–Crippen LogP) is 0.699. The first-order valence-corrected chi connectivity index (χ1v) is 3.22. The molecule has 2 nitrogen and oxygen atoms in total. The SMILES string of the molecule is C=C[C@H]1CCC(=O)NC1. The molecule has 0 spiro atoms. The lowest BCUT2D eigenvalue weighted by atomic mass is 10.00. The molecule has 0 aliphatic carbocycles. The van der Waals surface area contributed by atoms with E-state index in [2.05, 4.69) is 11.9 Å². The number of amides is 1. The maximum atomic E-state index is 10.6. The summed E-state index contributed by atoms with van der Waals surface area (Å²) < 4.78 is 0.